The zero-order valence-electron chi connectivity index (χ0n) is 10.6. The van der Waals surface area contributed by atoms with Crippen molar-refractivity contribution in [2.45, 2.75) is 12.8 Å². The molecular weight excluding hydrogens is 214 g/mol. The smallest absolute Gasteiger partial charge is 0.122 e. The minimum atomic E-state index is 0.539. The zero-order chi connectivity index (χ0) is 12.1. The highest BCUT2D eigenvalue weighted by Gasteiger charge is 2.26. The number of methoxy groups -OCH3 is 1. The molecule has 0 aromatic heterocycles. The van der Waals surface area contributed by atoms with Crippen LogP contribution in [0.4, 0.5) is 0 Å². The maximum atomic E-state index is 5.74. The molecule has 0 amide bonds. The normalized spacial score (nSPS) is 22.9. The number of benzene rings is 1. The molecule has 0 fully saturated rings. The molecule has 1 aliphatic heterocycles. The van der Waals surface area contributed by atoms with E-state index >= 15 is 0 Å². The largest absolute Gasteiger partial charge is 0.493 e. The predicted molar refractivity (Wildman–Crippen MR) is 68.6 cm³/mol. The molecule has 0 saturated carbocycles. The Kier molecular flexibility index (Phi) is 4.40. The minimum Gasteiger partial charge on any atom is -0.493 e. The molecule has 1 heterocycles. The standard InChI is InChI=1S/C14H21NO2/c1-11-10-17-14-6-4-3-5-12(14)13(11)9-15-7-8-16-2/h3-6,11,13,15H,7-10H2,1-2H3. The van der Waals surface area contributed by atoms with Gasteiger partial charge in [0.15, 0.2) is 0 Å². The molecule has 17 heavy (non-hydrogen) atoms. The van der Waals surface area contributed by atoms with E-state index < -0.39 is 0 Å². The predicted octanol–water partition coefficient (Wildman–Crippen LogP) is 2.03. The molecule has 1 aliphatic rings. The third kappa shape index (κ3) is 2.99. The van der Waals surface area contributed by atoms with Crippen LogP contribution >= 0.6 is 0 Å². The van der Waals surface area contributed by atoms with Gasteiger partial charge in [0.25, 0.3) is 0 Å². The van der Waals surface area contributed by atoms with Gasteiger partial charge < -0.3 is 14.8 Å². The first-order valence-electron chi connectivity index (χ1n) is 6.24. The number of hydrogen-bond acceptors (Lipinski definition) is 3. The Morgan fingerprint density at radius 1 is 1.41 bits per heavy atom. The Hall–Kier alpha value is -1.06. The highest BCUT2D eigenvalue weighted by atomic mass is 16.5. The molecular formula is C14H21NO2. The first kappa shape index (κ1) is 12.4. The van der Waals surface area contributed by atoms with Crippen LogP contribution in [0.2, 0.25) is 0 Å². The van der Waals surface area contributed by atoms with Gasteiger partial charge in [0.2, 0.25) is 0 Å². The van der Waals surface area contributed by atoms with Gasteiger partial charge >= 0.3 is 0 Å². The molecule has 3 heteroatoms. The lowest BCUT2D eigenvalue weighted by Gasteiger charge is -2.31. The van der Waals surface area contributed by atoms with Crippen molar-refractivity contribution in [3.8, 4) is 5.75 Å². The van der Waals surface area contributed by atoms with Gasteiger partial charge in [-0.2, -0.15) is 0 Å². The molecule has 0 radical (unpaired) electrons. The first-order chi connectivity index (χ1) is 8.33. The molecule has 94 valence electrons. The zero-order valence-corrected chi connectivity index (χ0v) is 10.6. The molecule has 1 aromatic rings. The number of rotatable bonds is 5. The van der Waals surface area contributed by atoms with E-state index in [2.05, 4.69) is 30.4 Å². The van der Waals surface area contributed by atoms with Crippen LogP contribution in [0.1, 0.15) is 18.4 Å². The Balaban J connectivity index is 2.00. The number of fused-ring (bicyclic) bond motifs is 1. The Labute approximate surface area is 103 Å². The van der Waals surface area contributed by atoms with Gasteiger partial charge in [-0.25, -0.2) is 0 Å². The molecule has 3 nitrogen and oxygen atoms in total. The van der Waals surface area contributed by atoms with Crippen LogP contribution in [-0.4, -0.2) is 33.4 Å². The van der Waals surface area contributed by atoms with Crippen LogP contribution in [0.15, 0.2) is 24.3 Å². The summed E-state index contributed by atoms with van der Waals surface area (Å²) in [5, 5.41) is 3.45. The van der Waals surface area contributed by atoms with Gasteiger partial charge in [0.1, 0.15) is 5.75 Å². The number of ether oxygens (including phenoxy) is 2. The average Bonchev–Trinajstić information content (AvgIpc) is 2.37. The van der Waals surface area contributed by atoms with E-state index in [-0.39, 0.29) is 0 Å². The van der Waals surface area contributed by atoms with Crippen molar-refractivity contribution in [3.05, 3.63) is 29.8 Å². The summed E-state index contributed by atoms with van der Waals surface area (Å²) < 4.78 is 10.8. The summed E-state index contributed by atoms with van der Waals surface area (Å²) in [5.41, 5.74) is 1.33. The number of hydrogen-bond donors (Lipinski definition) is 1. The molecule has 2 unspecified atom stereocenters. The van der Waals surface area contributed by atoms with Crippen molar-refractivity contribution >= 4 is 0 Å². The summed E-state index contributed by atoms with van der Waals surface area (Å²) in [7, 11) is 1.73. The van der Waals surface area contributed by atoms with Crippen molar-refractivity contribution in [2.24, 2.45) is 5.92 Å². The third-order valence-corrected chi connectivity index (χ3v) is 3.35. The van der Waals surface area contributed by atoms with Crippen LogP contribution in [0.3, 0.4) is 0 Å². The summed E-state index contributed by atoms with van der Waals surface area (Å²) in [6.07, 6.45) is 0. The second-order valence-corrected chi connectivity index (χ2v) is 4.63. The summed E-state index contributed by atoms with van der Waals surface area (Å²) >= 11 is 0. The molecule has 0 bridgehead atoms. The topological polar surface area (TPSA) is 30.5 Å². The van der Waals surface area contributed by atoms with Gasteiger partial charge in [-0.15, -0.1) is 0 Å². The molecule has 0 aliphatic carbocycles. The number of para-hydroxylation sites is 1. The van der Waals surface area contributed by atoms with Crippen LogP contribution < -0.4 is 10.1 Å². The number of nitrogens with one attached hydrogen (secondary N) is 1. The summed E-state index contributed by atoms with van der Waals surface area (Å²) in [5.74, 6) is 2.14. The maximum absolute atomic E-state index is 5.74. The molecule has 0 saturated heterocycles. The summed E-state index contributed by atoms with van der Waals surface area (Å²) in [6, 6.07) is 8.35. The van der Waals surface area contributed by atoms with Crippen LogP contribution in [-0.2, 0) is 4.74 Å². The fourth-order valence-corrected chi connectivity index (χ4v) is 2.31. The minimum absolute atomic E-state index is 0.539. The van der Waals surface area contributed by atoms with Gasteiger partial charge in [-0.05, 0) is 17.5 Å². The van der Waals surface area contributed by atoms with E-state index in [1.54, 1.807) is 7.11 Å². The van der Waals surface area contributed by atoms with Gasteiger partial charge in [-0.1, -0.05) is 25.1 Å². The van der Waals surface area contributed by atoms with Gasteiger partial charge in [0.05, 0.1) is 13.2 Å². The molecule has 2 atom stereocenters. The lowest BCUT2D eigenvalue weighted by Crippen LogP contribution is -2.33. The van der Waals surface area contributed by atoms with Crippen molar-refractivity contribution < 1.29 is 9.47 Å². The van der Waals surface area contributed by atoms with E-state index in [1.807, 2.05) is 6.07 Å². The Morgan fingerprint density at radius 2 is 2.24 bits per heavy atom. The second-order valence-electron chi connectivity index (χ2n) is 4.63. The lowest BCUT2D eigenvalue weighted by atomic mass is 9.85. The van der Waals surface area contributed by atoms with Gasteiger partial charge in [0, 0.05) is 26.1 Å². The molecule has 1 N–H and O–H groups in total. The quantitative estimate of drug-likeness (QED) is 0.792. The summed E-state index contributed by atoms with van der Waals surface area (Å²) in [6.45, 7) is 5.72. The van der Waals surface area contributed by atoms with Crippen molar-refractivity contribution in [1.29, 1.82) is 0 Å². The average molecular weight is 235 g/mol. The van der Waals surface area contributed by atoms with Crippen LogP contribution in [0, 0.1) is 5.92 Å². The van der Waals surface area contributed by atoms with Crippen molar-refractivity contribution in [2.75, 3.05) is 33.4 Å². The third-order valence-electron chi connectivity index (χ3n) is 3.35. The first-order valence-corrected chi connectivity index (χ1v) is 6.24. The highest BCUT2D eigenvalue weighted by Crippen LogP contribution is 2.36. The monoisotopic (exact) mass is 235 g/mol. The van der Waals surface area contributed by atoms with E-state index in [1.165, 1.54) is 5.56 Å². The second kappa shape index (κ2) is 6.03. The highest BCUT2D eigenvalue weighted by molar-refractivity contribution is 5.38. The van der Waals surface area contributed by atoms with Crippen molar-refractivity contribution in [1.82, 2.24) is 5.32 Å². The van der Waals surface area contributed by atoms with Crippen LogP contribution in [0.25, 0.3) is 0 Å². The van der Waals surface area contributed by atoms with Crippen molar-refractivity contribution in [3.63, 3.8) is 0 Å². The Bertz CT molecular complexity index is 354. The molecule has 0 spiro atoms. The maximum Gasteiger partial charge on any atom is 0.122 e. The van der Waals surface area contributed by atoms with E-state index in [0.29, 0.717) is 11.8 Å². The molecule has 2 rings (SSSR count). The fraction of sp³-hybridized carbons (Fsp3) is 0.571. The SMILES string of the molecule is COCCNCC1c2ccccc2OCC1C. The van der Waals surface area contributed by atoms with E-state index in [9.17, 15) is 0 Å². The van der Waals surface area contributed by atoms with E-state index in [4.69, 9.17) is 9.47 Å². The van der Waals surface area contributed by atoms with E-state index in [0.717, 1.165) is 32.1 Å². The fourth-order valence-electron chi connectivity index (χ4n) is 2.31. The Morgan fingerprint density at radius 3 is 3.06 bits per heavy atom. The summed E-state index contributed by atoms with van der Waals surface area (Å²) in [4.78, 5) is 0. The van der Waals surface area contributed by atoms with Gasteiger partial charge in [-0.3, -0.25) is 0 Å². The molecule has 1 aromatic carbocycles. The van der Waals surface area contributed by atoms with Crippen LogP contribution in [0.5, 0.6) is 5.75 Å². The lowest BCUT2D eigenvalue weighted by molar-refractivity contribution is 0.186.